The Balaban J connectivity index is 2.57. The van der Waals surface area contributed by atoms with Crippen LogP contribution in [-0.2, 0) is 9.47 Å². The van der Waals surface area contributed by atoms with Crippen LogP contribution >= 0.6 is 0 Å². The summed E-state index contributed by atoms with van der Waals surface area (Å²) in [6, 6.07) is 0. The van der Waals surface area contributed by atoms with E-state index in [4.69, 9.17) is 9.47 Å². The van der Waals surface area contributed by atoms with Gasteiger partial charge in [-0.3, -0.25) is 0 Å². The summed E-state index contributed by atoms with van der Waals surface area (Å²) in [6.07, 6.45) is 6.04. The molecular weight excluding hydrogens is 116 g/mol. The largest absolute Gasteiger partial charge is 0.350 e. The highest BCUT2D eigenvalue weighted by atomic mass is 16.7. The molecule has 0 saturated heterocycles. The molecule has 0 atom stereocenters. The number of methoxy groups -OCH3 is 2. The molecule has 1 aliphatic carbocycles. The summed E-state index contributed by atoms with van der Waals surface area (Å²) in [4.78, 5) is 0. The van der Waals surface area contributed by atoms with E-state index in [0.29, 0.717) is 0 Å². The molecule has 0 heterocycles. The summed E-state index contributed by atoms with van der Waals surface area (Å²) in [6.45, 7) is 0. The van der Waals surface area contributed by atoms with Gasteiger partial charge in [0.1, 0.15) is 0 Å². The lowest BCUT2D eigenvalue weighted by atomic mass is 10.2. The van der Waals surface area contributed by atoms with Crippen molar-refractivity contribution in [3.63, 3.8) is 0 Å². The van der Waals surface area contributed by atoms with Crippen LogP contribution in [0.25, 0.3) is 0 Å². The summed E-state index contributed by atoms with van der Waals surface area (Å²) >= 11 is 0. The van der Waals surface area contributed by atoms with Crippen LogP contribution in [0.5, 0.6) is 0 Å². The quantitative estimate of drug-likeness (QED) is 0.412. The molecule has 1 rings (SSSR count). The minimum Gasteiger partial charge on any atom is -0.350 e. The lowest BCUT2D eigenvalue weighted by molar-refractivity contribution is -0.168. The fourth-order valence-corrected chi connectivity index (χ4v) is 1.05. The third kappa shape index (κ3) is 1.14. The van der Waals surface area contributed by atoms with Gasteiger partial charge in [-0.1, -0.05) is 6.08 Å². The zero-order valence-corrected chi connectivity index (χ0v) is 5.89. The lowest BCUT2D eigenvalue weighted by Crippen LogP contribution is -2.28. The van der Waals surface area contributed by atoms with Gasteiger partial charge in [-0.2, -0.15) is 0 Å². The molecule has 0 fully saturated rings. The maximum atomic E-state index is 5.14. The third-order valence-electron chi connectivity index (χ3n) is 1.72. The fraction of sp³-hybridized carbons (Fsp3) is 0.714. The molecule has 0 aromatic heterocycles. The van der Waals surface area contributed by atoms with E-state index in [1.165, 1.54) is 0 Å². The Kier molecular flexibility index (Phi) is 1.88. The monoisotopic (exact) mass is 128 g/mol. The normalized spacial score (nSPS) is 22.9. The van der Waals surface area contributed by atoms with Gasteiger partial charge >= 0.3 is 0 Å². The SMILES string of the molecule is COC1(OC)C=CCC1. The van der Waals surface area contributed by atoms with Crippen LogP contribution in [0.3, 0.4) is 0 Å². The predicted molar refractivity (Wildman–Crippen MR) is 35.1 cm³/mol. The first kappa shape index (κ1) is 6.78. The second-order valence-corrected chi connectivity index (χ2v) is 2.16. The van der Waals surface area contributed by atoms with Gasteiger partial charge in [0.05, 0.1) is 0 Å². The Hall–Kier alpha value is -0.340. The van der Waals surface area contributed by atoms with Crippen molar-refractivity contribution in [3.8, 4) is 0 Å². The van der Waals surface area contributed by atoms with Crippen molar-refractivity contribution in [2.75, 3.05) is 14.2 Å². The van der Waals surface area contributed by atoms with Gasteiger partial charge in [0.2, 0.25) is 0 Å². The Labute approximate surface area is 55.5 Å². The first-order valence-electron chi connectivity index (χ1n) is 3.11. The Morgan fingerprint density at radius 3 is 2.22 bits per heavy atom. The Morgan fingerprint density at radius 2 is 2.00 bits per heavy atom. The van der Waals surface area contributed by atoms with E-state index >= 15 is 0 Å². The molecule has 0 radical (unpaired) electrons. The van der Waals surface area contributed by atoms with Crippen LogP contribution < -0.4 is 0 Å². The summed E-state index contributed by atoms with van der Waals surface area (Å²) in [5, 5.41) is 0. The topological polar surface area (TPSA) is 18.5 Å². The summed E-state index contributed by atoms with van der Waals surface area (Å²) in [5.74, 6) is -0.403. The molecule has 9 heavy (non-hydrogen) atoms. The first-order valence-corrected chi connectivity index (χ1v) is 3.11. The molecule has 1 aliphatic rings. The van der Waals surface area contributed by atoms with Crippen molar-refractivity contribution in [1.82, 2.24) is 0 Å². The van der Waals surface area contributed by atoms with Crippen LogP contribution in [-0.4, -0.2) is 20.0 Å². The molecule has 0 aliphatic heterocycles. The molecule has 0 bridgehead atoms. The maximum Gasteiger partial charge on any atom is 0.187 e. The van der Waals surface area contributed by atoms with Gasteiger partial charge in [-0.15, -0.1) is 0 Å². The highest BCUT2D eigenvalue weighted by molar-refractivity contribution is 5.03. The number of rotatable bonds is 2. The van der Waals surface area contributed by atoms with Crippen LogP contribution in [0.15, 0.2) is 12.2 Å². The van der Waals surface area contributed by atoms with Gasteiger partial charge in [-0.25, -0.2) is 0 Å². The molecule has 0 spiro atoms. The van der Waals surface area contributed by atoms with Crippen LogP contribution in [0.1, 0.15) is 12.8 Å². The summed E-state index contributed by atoms with van der Waals surface area (Å²) in [5.41, 5.74) is 0. The zero-order chi connectivity index (χ0) is 6.74. The molecule has 2 heteroatoms. The van der Waals surface area contributed by atoms with Crippen LogP contribution in [0, 0.1) is 0 Å². The smallest absolute Gasteiger partial charge is 0.187 e. The minimum atomic E-state index is -0.403. The predicted octanol–water partition coefficient (Wildman–Crippen LogP) is 1.33. The van der Waals surface area contributed by atoms with Crippen molar-refractivity contribution < 1.29 is 9.47 Å². The van der Waals surface area contributed by atoms with Crippen LogP contribution in [0.4, 0.5) is 0 Å². The van der Waals surface area contributed by atoms with E-state index in [2.05, 4.69) is 6.08 Å². The van der Waals surface area contributed by atoms with E-state index in [1.54, 1.807) is 14.2 Å². The summed E-state index contributed by atoms with van der Waals surface area (Å²) < 4.78 is 10.3. The highest BCUT2D eigenvalue weighted by Gasteiger charge is 2.28. The van der Waals surface area contributed by atoms with Gasteiger partial charge in [0.15, 0.2) is 5.79 Å². The van der Waals surface area contributed by atoms with Crippen molar-refractivity contribution in [1.29, 1.82) is 0 Å². The van der Waals surface area contributed by atoms with E-state index in [-0.39, 0.29) is 0 Å². The van der Waals surface area contributed by atoms with Crippen molar-refractivity contribution in [2.24, 2.45) is 0 Å². The molecule has 0 unspecified atom stereocenters. The molecule has 52 valence electrons. The third-order valence-corrected chi connectivity index (χ3v) is 1.72. The van der Waals surface area contributed by atoms with E-state index in [1.807, 2.05) is 6.08 Å². The fourth-order valence-electron chi connectivity index (χ4n) is 1.05. The zero-order valence-electron chi connectivity index (χ0n) is 5.89. The second kappa shape index (κ2) is 2.50. The highest BCUT2D eigenvalue weighted by Crippen LogP contribution is 2.25. The molecule has 0 amide bonds. The van der Waals surface area contributed by atoms with Gasteiger partial charge in [-0.05, 0) is 12.5 Å². The number of hydrogen-bond acceptors (Lipinski definition) is 2. The minimum absolute atomic E-state index is 0.403. The standard InChI is InChI=1S/C7H12O2/c1-8-7(9-2)5-3-4-6-7/h3,5H,4,6H2,1-2H3. The lowest BCUT2D eigenvalue weighted by Gasteiger charge is -2.23. The average Bonchev–Trinajstić information content (AvgIpc) is 2.36. The number of allylic oxidation sites excluding steroid dienone is 1. The molecule has 0 aromatic rings. The van der Waals surface area contributed by atoms with Gasteiger partial charge in [0.25, 0.3) is 0 Å². The number of ether oxygens (including phenoxy) is 2. The average molecular weight is 128 g/mol. The molecule has 0 aromatic carbocycles. The van der Waals surface area contributed by atoms with Crippen molar-refractivity contribution in [2.45, 2.75) is 18.6 Å². The Bertz CT molecular complexity index is 114. The Morgan fingerprint density at radius 1 is 1.33 bits per heavy atom. The summed E-state index contributed by atoms with van der Waals surface area (Å²) in [7, 11) is 3.33. The van der Waals surface area contributed by atoms with Gasteiger partial charge < -0.3 is 9.47 Å². The second-order valence-electron chi connectivity index (χ2n) is 2.16. The molecule has 0 N–H and O–H groups in total. The van der Waals surface area contributed by atoms with E-state index < -0.39 is 5.79 Å². The first-order chi connectivity index (χ1) is 4.33. The maximum absolute atomic E-state index is 5.14. The van der Waals surface area contributed by atoms with Gasteiger partial charge in [0, 0.05) is 20.6 Å². The molecule has 2 nitrogen and oxygen atoms in total. The number of hydrogen-bond donors (Lipinski definition) is 0. The van der Waals surface area contributed by atoms with Crippen LogP contribution in [0.2, 0.25) is 0 Å². The van der Waals surface area contributed by atoms with E-state index in [0.717, 1.165) is 12.8 Å². The van der Waals surface area contributed by atoms with E-state index in [9.17, 15) is 0 Å². The molecule has 0 saturated carbocycles. The van der Waals surface area contributed by atoms with Crippen molar-refractivity contribution in [3.05, 3.63) is 12.2 Å². The van der Waals surface area contributed by atoms with Crippen molar-refractivity contribution >= 4 is 0 Å². The molecular formula is C7H12O2.